The van der Waals surface area contributed by atoms with Gasteiger partial charge in [0.05, 0.1) is 0 Å². The smallest absolute Gasteiger partial charge is 0.106 e. The lowest BCUT2D eigenvalue weighted by molar-refractivity contribution is 0.251. The Bertz CT molecular complexity index is 78.6. The zero-order valence-electron chi connectivity index (χ0n) is 6.23. The van der Waals surface area contributed by atoms with E-state index in [-0.39, 0.29) is 5.92 Å². The van der Waals surface area contributed by atoms with Crippen molar-refractivity contribution in [2.24, 2.45) is 5.92 Å². The van der Waals surface area contributed by atoms with Crippen molar-refractivity contribution in [2.75, 3.05) is 0 Å². The molecule has 0 saturated heterocycles. The second-order valence-electron chi connectivity index (χ2n) is 2.23. The molecule has 2 unspecified atom stereocenters. The lowest BCUT2D eigenvalue weighted by Crippen LogP contribution is -2.10. The fourth-order valence-electron chi connectivity index (χ4n) is 0.873. The zero-order chi connectivity index (χ0) is 7.28. The molecule has 0 amide bonds. The third kappa shape index (κ3) is 2.64. The largest absolute Gasteiger partial charge is 0.247 e. The minimum atomic E-state index is -0.688. The third-order valence-corrected chi connectivity index (χ3v) is 1.63. The van der Waals surface area contributed by atoms with Crippen LogP contribution in [0.1, 0.15) is 26.7 Å². The molecule has 0 heterocycles. The van der Waals surface area contributed by atoms with Crippen LogP contribution in [0.2, 0.25) is 0 Å². The van der Waals surface area contributed by atoms with Gasteiger partial charge in [0.25, 0.3) is 0 Å². The van der Waals surface area contributed by atoms with Gasteiger partial charge in [0.1, 0.15) is 6.17 Å². The summed E-state index contributed by atoms with van der Waals surface area (Å²) in [5.74, 6) is 0.0648. The predicted octanol–water partition coefficient (Wildman–Crippen LogP) is 2.95. The summed E-state index contributed by atoms with van der Waals surface area (Å²) in [5.41, 5.74) is 0. The van der Waals surface area contributed by atoms with Crippen LogP contribution in [-0.4, -0.2) is 6.17 Å². The molecule has 0 N–H and O–H groups in total. The van der Waals surface area contributed by atoms with E-state index in [4.69, 9.17) is 0 Å². The van der Waals surface area contributed by atoms with Crippen LogP contribution in [-0.2, 0) is 0 Å². The Hall–Kier alpha value is -0.330. The summed E-state index contributed by atoms with van der Waals surface area (Å²) >= 11 is 0. The second-order valence-corrected chi connectivity index (χ2v) is 2.23. The second kappa shape index (κ2) is 4.54. The van der Waals surface area contributed by atoms with Crippen molar-refractivity contribution in [1.82, 2.24) is 0 Å². The molecule has 0 aliphatic heterocycles. The number of hydrogen-bond acceptors (Lipinski definition) is 0. The molecule has 0 bridgehead atoms. The van der Waals surface area contributed by atoms with E-state index in [0.29, 0.717) is 6.42 Å². The molecule has 0 aromatic heterocycles. The van der Waals surface area contributed by atoms with Gasteiger partial charge in [0.2, 0.25) is 0 Å². The van der Waals surface area contributed by atoms with Gasteiger partial charge in [0.15, 0.2) is 0 Å². The van der Waals surface area contributed by atoms with Gasteiger partial charge in [-0.05, 0) is 12.8 Å². The van der Waals surface area contributed by atoms with Gasteiger partial charge in [-0.15, -0.1) is 6.58 Å². The highest BCUT2D eigenvalue weighted by atomic mass is 19.1. The van der Waals surface area contributed by atoms with Crippen molar-refractivity contribution in [3.63, 3.8) is 0 Å². The van der Waals surface area contributed by atoms with Crippen LogP contribution in [0, 0.1) is 5.92 Å². The van der Waals surface area contributed by atoms with Gasteiger partial charge >= 0.3 is 0 Å². The van der Waals surface area contributed by atoms with E-state index in [0.717, 1.165) is 6.42 Å². The maximum atomic E-state index is 12.7. The summed E-state index contributed by atoms with van der Waals surface area (Å²) < 4.78 is 12.7. The Labute approximate surface area is 56.8 Å². The fraction of sp³-hybridized carbons (Fsp3) is 0.750. The lowest BCUT2D eigenvalue weighted by Gasteiger charge is -2.12. The zero-order valence-corrected chi connectivity index (χ0v) is 6.23. The van der Waals surface area contributed by atoms with Crippen LogP contribution >= 0.6 is 0 Å². The fourth-order valence-corrected chi connectivity index (χ4v) is 0.873. The monoisotopic (exact) mass is 130 g/mol. The number of allylic oxidation sites excluding steroid dienone is 1. The quantitative estimate of drug-likeness (QED) is 0.513. The number of alkyl halides is 1. The first-order valence-corrected chi connectivity index (χ1v) is 3.52. The maximum absolute atomic E-state index is 12.7. The number of hydrogen-bond donors (Lipinski definition) is 0. The highest BCUT2D eigenvalue weighted by Crippen LogP contribution is 2.15. The first kappa shape index (κ1) is 8.67. The molecule has 1 heteroatoms. The molecule has 0 saturated carbocycles. The first-order valence-electron chi connectivity index (χ1n) is 3.52. The maximum Gasteiger partial charge on any atom is 0.106 e. The summed E-state index contributed by atoms with van der Waals surface area (Å²) in [4.78, 5) is 0. The minimum absolute atomic E-state index is 0.0648. The van der Waals surface area contributed by atoms with Crippen molar-refractivity contribution in [3.8, 4) is 0 Å². The average molecular weight is 130 g/mol. The van der Waals surface area contributed by atoms with E-state index in [2.05, 4.69) is 6.58 Å². The molecule has 0 aliphatic rings. The Kier molecular flexibility index (Phi) is 4.37. The van der Waals surface area contributed by atoms with Gasteiger partial charge in [-0.3, -0.25) is 0 Å². The van der Waals surface area contributed by atoms with Crippen LogP contribution in [0.15, 0.2) is 12.7 Å². The van der Waals surface area contributed by atoms with Gasteiger partial charge in [0, 0.05) is 5.92 Å². The van der Waals surface area contributed by atoms with Crippen LogP contribution in [0.25, 0.3) is 0 Å². The van der Waals surface area contributed by atoms with E-state index in [9.17, 15) is 4.39 Å². The molecular weight excluding hydrogens is 115 g/mol. The summed E-state index contributed by atoms with van der Waals surface area (Å²) in [6.45, 7) is 7.40. The van der Waals surface area contributed by atoms with Crippen molar-refractivity contribution < 1.29 is 4.39 Å². The molecule has 2 atom stereocenters. The highest BCUT2D eigenvalue weighted by Gasteiger charge is 2.12. The summed E-state index contributed by atoms with van der Waals surface area (Å²) in [6.07, 6.45) is 2.48. The third-order valence-electron chi connectivity index (χ3n) is 1.63. The van der Waals surface area contributed by atoms with Gasteiger partial charge in [-0.1, -0.05) is 19.9 Å². The van der Waals surface area contributed by atoms with E-state index >= 15 is 0 Å². The van der Waals surface area contributed by atoms with Crippen LogP contribution in [0.5, 0.6) is 0 Å². The molecule has 0 aromatic rings. The molecule has 0 radical (unpaired) electrons. The Balaban J connectivity index is 3.63. The van der Waals surface area contributed by atoms with Gasteiger partial charge < -0.3 is 0 Å². The normalized spacial score (nSPS) is 16.8. The molecule has 54 valence electrons. The van der Waals surface area contributed by atoms with Crippen LogP contribution in [0.3, 0.4) is 0 Å². The van der Waals surface area contributed by atoms with Gasteiger partial charge in [-0.25, -0.2) is 4.39 Å². The highest BCUT2D eigenvalue weighted by molar-refractivity contribution is 4.82. The molecular formula is C8H15F. The SMILES string of the molecule is C=CC(CC)C(F)CC. The Morgan fingerprint density at radius 2 is 2.00 bits per heavy atom. The van der Waals surface area contributed by atoms with E-state index in [1.54, 1.807) is 6.08 Å². The molecule has 0 aromatic carbocycles. The van der Waals surface area contributed by atoms with E-state index in [1.165, 1.54) is 0 Å². The minimum Gasteiger partial charge on any atom is -0.247 e. The molecule has 0 nitrogen and oxygen atoms in total. The number of halogens is 1. The van der Waals surface area contributed by atoms with Crippen molar-refractivity contribution >= 4 is 0 Å². The Morgan fingerprint density at radius 3 is 2.11 bits per heavy atom. The number of rotatable bonds is 4. The summed E-state index contributed by atoms with van der Waals surface area (Å²) in [5, 5.41) is 0. The predicted molar refractivity (Wildman–Crippen MR) is 39.2 cm³/mol. The molecule has 0 fully saturated rings. The lowest BCUT2D eigenvalue weighted by atomic mass is 9.99. The molecule has 9 heavy (non-hydrogen) atoms. The molecule has 0 spiro atoms. The van der Waals surface area contributed by atoms with E-state index in [1.807, 2.05) is 13.8 Å². The van der Waals surface area contributed by atoms with Gasteiger partial charge in [-0.2, -0.15) is 0 Å². The van der Waals surface area contributed by atoms with Crippen molar-refractivity contribution in [1.29, 1.82) is 0 Å². The first-order chi connectivity index (χ1) is 4.26. The molecule has 0 aliphatic carbocycles. The summed E-state index contributed by atoms with van der Waals surface area (Å²) in [7, 11) is 0. The van der Waals surface area contributed by atoms with E-state index < -0.39 is 6.17 Å². The topological polar surface area (TPSA) is 0 Å². The van der Waals surface area contributed by atoms with Crippen molar-refractivity contribution in [3.05, 3.63) is 12.7 Å². The average Bonchev–Trinajstić information content (AvgIpc) is 1.90. The Morgan fingerprint density at radius 1 is 1.44 bits per heavy atom. The van der Waals surface area contributed by atoms with Crippen LogP contribution < -0.4 is 0 Å². The molecule has 0 rings (SSSR count). The standard InChI is InChI=1S/C8H15F/c1-4-7(5-2)8(9)6-3/h4,7-8H,1,5-6H2,2-3H3. The van der Waals surface area contributed by atoms with Crippen molar-refractivity contribution in [2.45, 2.75) is 32.9 Å². The summed E-state index contributed by atoms with van der Waals surface area (Å²) in [6, 6.07) is 0. The van der Waals surface area contributed by atoms with Crippen LogP contribution in [0.4, 0.5) is 4.39 Å².